The molecule has 0 aliphatic carbocycles. The zero-order chi connectivity index (χ0) is 13.8. The maximum absolute atomic E-state index is 11.8. The molecule has 98 valence electrons. The van der Waals surface area contributed by atoms with Gasteiger partial charge < -0.3 is 15.5 Å². The van der Waals surface area contributed by atoms with Crippen LogP contribution >= 0.6 is 0 Å². The lowest BCUT2D eigenvalue weighted by Gasteiger charge is -2.08. The summed E-state index contributed by atoms with van der Waals surface area (Å²) in [7, 11) is 0. The summed E-state index contributed by atoms with van der Waals surface area (Å²) in [5, 5.41) is 21.8. The van der Waals surface area contributed by atoms with E-state index in [2.05, 4.69) is 5.32 Å². The van der Waals surface area contributed by atoms with Crippen molar-refractivity contribution in [2.24, 2.45) is 0 Å². The maximum Gasteiger partial charge on any atom is 0.228 e. The van der Waals surface area contributed by atoms with Gasteiger partial charge in [0.2, 0.25) is 5.91 Å². The first-order chi connectivity index (χ1) is 9.06. The summed E-state index contributed by atoms with van der Waals surface area (Å²) in [6.45, 7) is 1.78. The van der Waals surface area contributed by atoms with Crippen molar-refractivity contribution in [3.8, 4) is 11.5 Å². The number of amides is 1. The van der Waals surface area contributed by atoms with Crippen LogP contribution in [0.25, 0.3) is 0 Å². The highest BCUT2D eigenvalue weighted by Gasteiger charge is 2.08. The van der Waals surface area contributed by atoms with Crippen LogP contribution in [-0.2, 0) is 11.2 Å². The molecule has 0 radical (unpaired) electrons. The van der Waals surface area contributed by atoms with Crippen molar-refractivity contribution < 1.29 is 15.0 Å². The SMILES string of the molecule is Cc1ccc(NC(=O)Cc2ccccc2O)cc1O. The molecule has 1 amide bonds. The highest BCUT2D eigenvalue weighted by atomic mass is 16.3. The topological polar surface area (TPSA) is 69.6 Å². The summed E-state index contributed by atoms with van der Waals surface area (Å²) in [5.41, 5.74) is 1.85. The van der Waals surface area contributed by atoms with Gasteiger partial charge in [-0.15, -0.1) is 0 Å². The third-order valence-electron chi connectivity index (χ3n) is 2.84. The molecule has 0 heterocycles. The van der Waals surface area contributed by atoms with E-state index in [9.17, 15) is 15.0 Å². The smallest absolute Gasteiger partial charge is 0.228 e. The quantitative estimate of drug-likeness (QED) is 0.791. The van der Waals surface area contributed by atoms with Crippen molar-refractivity contribution in [1.29, 1.82) is 0 Å². The number of phenolic OH excluding ortho intramolecular Hbond substituents is 2. The molecule has 0 unspecified atom stereocenters. The van der Waals surface area contributed by atoms with Gasteiger partial charge in [-0.3, -0.25) is 4.79 Å². The molecule has 0 aliphatic rings. The lowest BCUT2D eigenvalue weighted by atomic mass is 10.1. The summed E-state index contributed by atoms with van der Waals surface area (Å²) >= 11 is 0. The zero-order valence-corrected chi connectivity index (χ0v) is 10.6. The Morgan fingerprint density at radius 3 is 2.53 bits per heavy atom. The van der Waals surface area contributed by atoms with E-state index in [-0.39, 0.29) is 23.8 Å². The minimum absolute atomic E-state index is 0.0846. The molecule has 0 fully saturated rings. The van der Waals surface area contributed by atoms with Gasteiger partial charge in [-0.1, -0.05) is 24.3 Å². The van der Waals surface area contributed by atoms with Crippen LogP contribution in [0.2, 0.25) is 0 Å². The number of aryl methyl sites for hydroxylation is 1. The van der Waals surface area contributed by atoms with Crippen molar-refractivity contribution in [3.05, 3.63) is 53.6 Å². The zero-order valence-electron chi connectivity index (χ0n) is 10.6. The Morgan fingerprint density at radius 1 is 1.11 bits per heavy atom. The van der Waals surface area contributed by atoms with E-state index in [4.69, 9.17) is 0 Å². The molecule has 0 saturated carbocycles. The predicted octanol–water partition coefficient (Wildman–Crippen LogP) is 2.59. The Bertz CT molecular complexity index is 608. The average molecular weight is 257 g/mol. The average Bonchev–Trinajstić information content (AvgIpc) is 2.37. The van der Waals surface area contributed by atoms with Crippen LogP contribution in [0.5, 0.6) is 11.5 Å². The summed E-state index contributed by atoms with van der Waals surface area (Å²) in [4.78, 5) is 11.8. The molecule has 0 atom stereocenters. The molecule has 0 aromatic heterocycles. The Labute approximate surface area is 111 Å². The fourth-order valence-corrected chi connectivity index (χ4v) is 1.73. The highest BCUT2D eigenvalue weighted by molar-refractivity contribution is 5.92. The molecule has 0 spiro atoms. The van der Waals surface area contributed by atoms with E-state index in [1.165, 1.54) is 6.07 Å². The van der Waals surface area contributed by atoms with E-state index in [1.807, 2.05) is 0 Å². The molecule has 4 nitrogen and oxygen atoms in total. The molecule has 0 bridgehead atoms. The summed E-state index contributed by atoms with van der Waals surface area (Å²) in [6.07, 6.45) is 0.0846. The van der Waals surface area contributed by atoms with Gasteiger partial charge in [0, 0.05) is 17.3 Å². The van der Waals surface area contributed by atoms with Crippen LogP contribution in [0, 0.1) is 6.92 Å². The van der Waals surface area contributed by atoms with Crippen molar-refractivity contribution in [3.63, 3.8) is 0 Å². The Morgan fingerprint density at radius 2 is 1.84 bits per heavy atom. The van der Waals surface area contributed by atoms with Crippen molar-refractivity contribution in [1.82, 2.24) is 0 Å². The van der Waals surface area contributed by atoms with Gasteiger partial charge in [0.25, 0.3) is 0 Å². The normalized spacial score (nSPS) is 10.2. The van der Waals surface area contributed by atoms with Gasteiger partial charge in [-0.05, 0) is 24.6 Å². The van der Waals surface area contributed by atoms with Crippen LogP contribution in [0.15, 0.2) is 42.5 Å². The predicted molar refractivity (Wildman–Crippen MR) is 73.3 cm³/mol. The van der Waals surface area contributed by atoms with E-state index in [1.54, 1.807) is 43.3 Å². The number of carbonyl (C=O) groups excluding carboxylic acids is 1. The van der Waals surface area contributed by atoms with Gasteiger partial charge >= 0.3 is 0 Å². The second kappa shape index (κ2) is 5.44. The Hall–Kier alpha value is -2.49. The first-order valence-corrected chi connectivity index (χ1v) is 5.92. The molecule has 0 saturated heterocycles. The van der Waals surface area contributed by atoms with E-state index >= 15 is 0 Å². The number of hydrogen-bond acceptors (Lipinski definition) is 3. The molecular weight excluding hydrogens is 242 g/mol. The standard InChI is InChI=1S/C15H15NO3/c1-10-6-7-12(9-14(10)18)16-15(19)8-11-4-2-3-5-13(11)17/h2-7,9,17-18H,8H2,1H3,(H,16,19). The number of nitrogens with one attached hydrogen (secondary N) is 1. The minimum atomic E-state index is -0.246. The van der Waals surface area contributed by atoms with Gasteiger partial charge in [0.1, 0.15) is 11.5 Å². The lowest BCUT2D eigenvalue weighted by molar-refractivity contribution is -0.115. The maximum atomic E-state index is 11.8. The van der Waals surface area contributed by atoms with Gasteiger partial charge in [-0.25, -0.2) is 0 Å². The van der Waals surface area contributed by atoms with Crippen LogP contribution in [0.1, 0.15) is 11.1 Å². The van der Waals surface area contributed by atoms with Crippen molar-refractivity contribution in [2.75, 3.05) is 5.32 Å². The molecule has 2 aromatic carbocycles. The van der Waals surface area contributed by atoms with Crippen LogP contribution in [0.4, 0.5) is 5.69 Å². The first kappa shape index (κ1) is 13.0. The molecule has 0 aliphatic heterocycles. The third kappa shape index (κ3) is 3.25. The Balaban J connectivity index is 2.05. The van der Waals surface area contributed by atoms with E-state index in [0.29, 0.717) is 11.3 Å². The number of benzene rings is 2. The third-order valence-corrected chi connectivity index (χ3v) is 2.84. The van der Waals surface area contributed by atoms with Crippen LogP contribution in [-0.4, -0.2) is 16.1 Å². The molecular formula is C15H15NO3. The lowest BCUT2D eigenvalue weighted by Crippen LogP contribution is -2.14. The highest BCUT2D eigenvalue weighted by Crippen LogP contribution is 2.21. The van der Waals surface area contributed by atoms with Gasteiger partial charge in [-0.2, -0.15) is 0 Å². The van der Waals surface area contributed by atoms with E-state index in [0.717, 1.165) is 5.56 Å². The van der Waals surface area contributed by atoms with Crippen molar-refractivity contribution >= 4 is 11.6 Å². The summed E-state index contributed by atoms with van der Waals surface area (Å²) < 4.78 is 0. The molecule has 3 N–H and O–H groups in total. The molecule has 2 aromatic rings. The second-order valence-electron chi connectivity index (χ2n) is 4.35. The number of rotatable bonds is 3. The monoisotopic (exact) mass is 257 g/mol. The molecule has 4 heteroatoms. The van der Waals surface area contributed by atoms with E-state index < -0.39 is 0 Å². The van der Waals surface area contributed by atoms with Crippen LogP contribution in [0.3, 0.4) is 0 Å². The largest absolute Gasteiger partial charge is 0.508 e. The number of phenols is 2. The summed E-state index contributed by atoms with van der Waals surface area (Å²) in [5.74, 6) is -0.00508. The molecule has 2 rings (SSSR count). The van der Waals surface area contributed by atoms with Gasteiger partial charge in [0.05, 0.1) is 6.42 Å². The number of anilines is 1. The number of hydrogen-bond donors (Lipinski definition) is 3. The molecule has 19 heavy (non-hydrogen) atoms. The second-order valence-corrected chi connectivity index (χ2v) is 4.35. The minimum Gasteiger partial charge on any atom is -0.508 e. The fraction of sp³-hybridized carbons (Fsp3) is 0.133. The summed E-state index contributed by atoms with van der Waals surface area (Å²) in [6, 6.07) is 11.7. The number of aromatic hydroxyl groups is 2. The first-order valence-electron chi connectivity index (χ1n) is 5.92. The van der Waals surface area contributed by atoms with Crippen molar-refractivity contribution in [2.45, 2.75) is 13.3 Å². The Kier molecular flexibility index (Phi) is 3.71. The number of para-hydroxylation sites is 1. The van der Waals surface area contributed by atoms with Crippen LogP contribution < -0.4 is 5.32 Å². The number of carbonyl (C=O) groups is 1. The van der Waals surface area contributed by atoms with Gasteiger partial charge in [0.15, 0.2) is 0 Å². The fourth-order valence-electron chi connectivity index (χ4n) is 1.73.